The largest absolute Gasteiger partial charge is 0.472 e. The molecule has 2 aromatic heterocycles. The minimum absolute atomic E-state index is 0.181. The number of imidazole rings is 1. The van der Waals surface area contributed by atoms with E-state index in [-0.39, 0.29) is 12.4 Å². The number of phosphoric ester groups is 1. The van der Waals surface area contributed by atoms with Gasteiger partial charge in [0.25, 0.3) is 0 Å². The van der Waals surface area contributed by atoms with Crippen LogP contribution in [0.2, 0.25) is 0 Å². The van der Waals surface area contributed by atoms with Crippen LogP contribution in [0.5, 0.6) is 0 Å². The molecule has 30 heavy (non-hydrogen) atoms. The number of anilines is 2. The molecule has 7 N–H and O–H groups in total. The average Bonchev–Trinajstić information content (AvgIpc) is 3.22. The summed E-state index contributed by atoms with van der Waals surface area (Å²) < 4.78 is 29.1. The first-order valence-electron chi connectivity index (χ1n) is 9.83. The van der Waals surface area contributed by atoms with Gasteiger partial charge in [0.05, 0.1) is 6.61 Å². The summed E-state index contributed by atoms with van der Waals surface area (Å²) in [6, 6.07) is 0. The maximum absolute atomic E-state index is 11.8. The molecule has 0 bridgehead atoms. The molecule has 0 radical (unpaired) electrons. The Labute approximate surface area is 172 Å². The van der Waals surface area contributed by atoms with Crippen molar-refractivity contribution in [3.63, 3.8) is 0 Å². The molecule has 14 heteroatoms. The molecular weight excluding hydrogens is 417 g/mol. The van der Waals surface area contributed by atoms with Crippen LogP contribution < -0.4 is 16.8 Å². The van der Waals surface area contributed by atoms with Crippen LogP contribution in [0.1, 0.15) is 31.9 Å². The molecule has 0 spiro atoms. The van der Waals surface area contributed by atoms with Gasteiger partial charge in [-0.3, -0.25) is 13.6 Å². The maximum Gasteiger partial charge on any atom is 0.472 e. The first-order valence-corrected chi connectivity index (χ1v) is 11.3. The zero-order valence-electron chi connectivity index (χ0n) is 16.3. The van der Waals surface area contributed by atoms with Crippen molar-refractivity contribution < 1.29 is 28.3 Å². The van der Waals surface area contributed by atoms with E-state index in [2.05, 4.69) is 20.3 Å². The summed E-state index contributed by atoms with van der Waals surface area (Å²) in [6.45, 7) is 1.12. The number of nitrogen functional groups attached to an aromatic ring is 1. The molecule has 1 unspecified atom stereocenters. The van der Waals surface area contributed by atoms with Crippen LogP contribution in [0.15, 0.2) is 6.33 Å². The zero-order valence-corrected chi connectivity index (χ0v) is 17.1. The maximum atomic E-state index is 11.8. The topological polar surface area (TPSA) is 193 Å². The lowest BCUT2D eigenvalue weighted by Crippen LogP contribution is -2.39. The van der Waals surface area contributed by atoms with Crippen molar-refractivity contribution >= 4 is 30.8 Å². The number of ether oxygens (including phenoxy) is 1. The fourth-order valence-corrected chi connectivity index (χ4v) is 4.63. The van der Waals surface area contributed by atoms with E-state index < -0.39 is 32.4 Å². The second kappa shape index (κ2) is 8.71. The Morgan fingerprint density at radius 1 is 1.30 bits per heavy atom. The van der Waals surface area contributed by atoms with E-state index in [9.17, 15) is 14.6 Å². The third kappa shape index (κ3) is 4.14. The van der Waals surface area contributed by atoms with E-state index in [0.29, 0.717) is 30.2 Å². The zero-order chi connectivity index (χ0) is 21.3. The standard InChI is InChI=1S/C16H26N7O6P/c17-5-3-1-2-4-6-19-16-22-10-13(18)20-8-21-14(10)23(16)15-11(24)12-9(28-15)7-27-30(25,26)29-12/h8-9,11-12,15,24H,1-7,17H2,(H,19,22)(H,25,26)(H2,18,20,21)/t9-,11-,12-,15-/m1/s1. The van der Waals surface area contributed by atoms with Gasteiger partial charge < -0.3 is 31.5 Å². The Kier molecular flexibility index (Phi) is 6.21. The summed E-state index contributed by atoms with van der Waals surface area (Å²) in [6.07, 6.45) is 1.25. The normalized spacial score (nSPS) is 31.2. The van der Waals surface area contributed by atoms with E-state index in [0.717, 1.165) is 25.7 Å². The van der Waals surface area contributed by atoms with Crippen LogP contribution >= 0.6 is 7.82 Å². The number of unbranched alkanes of at least 4 members (excludes halogenated alkanes) is 3. The summed E-state index contributed by atoms with van der Waals surface area (Å²) in [7, 11) is -4.23. The first-order chi connectivity index (χ1) is 14.4. The van der Waals surface area contributed by atoms with Crippen LogP contribution in [0.3, 0.4) is 0 Å². The van der Waals surface area contributed by atoms with Gasteiger partial charge >= 0.3 is 7.82 Å². The molecule has 2 aliphatic heterocycles. The highest BCUT2D eigenvalue weighted by molar-refractivity contribution is 7.47. The lowest BCUT2D eigenvalue weighted by molar-refractivity contribution is -0.0659. The Morgan fingerprint density at radius 2 is 2.10 bits per heavy atom. The van der Waals surface area contributed by atoms with Crippen molar-refractivity contribution in [2.24, 2.45) is 5.73 Å². The highest BCUT2D eigenvalue weighted by Gasteiger charge is 2.53. The number of nitrogens with two attached hydrogens (primary N) is 2. The Balaban J connectivity index is 1.59. The van der Waals surface area contributed by atoms with E-state index in [1.807, 2.05) is 0 Å². The van der Waals surface area contributed by atoms with E-state index >= 15 is 0 Å². The van der Waals surface area contributed by atoms with Gasteiger partial charge in [-0.15, -0.1) is 0 Å². The second-order valence-corrected chi connectivity index (χ2v) is 8.66. The molecule has 0 amide bonds. The minimum atomic E-state index is -4.23. The summed E-state index contributed by atoms with van der Waals surface area (Å²) >= 11 is 0. The average molecular weight is 443 g/mol. The highest BCUT2D eigenvalue weighted by atomic mass is 31.2. The Bertz CT molecular complexity index is 942. The lowest BCUT2D eigenvalue weighted by Gasteiger charge is -2.27. The molecule has 2 aliphatic rings. The third-order valence-corrected chi connectivity index (χ3v) is 6.13. The number of aliphatic hydroxyl groups is 1. The Hall–Kier alpha value is -1.86. The van der Waals surface area contributed by atoms with Gasteiger partial charge in [0.15, 0.2) is 23.2 Å². The van der Waals surface area contributed by atoms with Crippen molar-refractivity contribution in [3.05, 3.63) is 6.33 Å². The lowest BCUT2D eigenvalue weighted by atomic mass is 10.1. The molecule has 0 aliphatic carbocycles. The fourth-order valence-electron chi connectivity index (χ4n) is 3.66. The van der Waals surface area contributed by atoms with Crippen molar-refractivity contribution in [3.8, 4) is 0 Å². The number of hydrogen-bond acceptors (Lipinski definition) is 11. The van der Waals surface area contributed by atoms with E-state index in [1.54, 1.807) is 4.57 Å². The number of rotatable bonds is 8. The number of phosphoric acid groups is 1. The Morgan fingerprint density at radius 3 is 2.90 bits per heavy atom. The fraction of sp³-hybridized carbons (Fsp3) is 0.688. The molecule has 4 heterocycles. The first kappa shape index (κ1) is 21.4. The SMILES string of the molecule is NCCCCCCNc1nc2c(N)ncnc2n1[C@@H]1O[C@@H]2COP(=O)(O)O[C@H]2[C@H]1O. The predicted octanol–water partition coefficient (Wildman–Crippen LogP) is 0.114. The number of nitrogens with zero attached hydrogens (tertiary/aromatic N) is 4. The molecule has 4 rings (SSSR count). The van der Waals surface area contributed by atoms with Gasteiger partial charge in [0, 0.05) is 6.54 Å². The van der Waals surface area contributed by atoms with Gasteiger partial charge in [-0.1, -0.05) is 12.8 Å². The number of hydrogen-bond donors (Lipinski definition) is 5. The van der Waals surface area contributed by atoms with Crippen LogP contribution in [-0.4, -0.2) is 67.5 Å². The molecule has 0 saturated carbocycles. The molecular formula is C16H26N7O6P. The van der Waals surface area contributed by atoms with Crippen molar-refractivity contribution in [2.75, 3.05) is 30.7 Å². The molecule has 166 valence electrons. The third-order valence-electron chi connectivity index (χ3n) is 5.14. The van der Waals surface area contributed by atoms with Crippen molar-refractivity contribution in [1.29, 1.82) is 0 Å². The number of fused-ring (bicyclic) bond motifs is 2. The summed E-state index contributed by atoms with van der Waals surface area (Å²) in [4.78, 5) is 22.3. The summed E-state index contributed by atoms with van der Waals surface area (Å²) in [5, 5.41) is 14.0. The molecule has 5 atom stereocenters. The van der Waals surface area contributed by atoms with Crippen LogP contribution in [0.25, 0.3) is 11.2 Å². The van der Waals surface area contributed by atoms with Crippen LogP contribution in [0.4, 0.5) is 11.8 Å². The molecule has 2 saturated heterocycles. The van der Waals surface area contributed by atoms with Crippen molar-refractivity contribution in [2.45, 2.75) is 50.2 Å². The van der Waals surface area contributed by atoms with Crippen molar-refractivity contribution in [1.82, 2.24) is 19.5 Å². The molecule has 0 aromatic carbocycles. The minimum Gasteiger partial charge on any atom is -0.386 e. The van der Waals surface area contributed by atoms with E-state index in [4.69, 9.17) is 25.3 Å². The van der Waals surface area contributed by atoms with Gasteiger partial charge in [-0.25, -0.2) is 19.5 Å². The van der Waals surface area contributed by atoms with Gasteiger partial charge in [0.2, 0.25) is 5.95 Å². The van der Waals surface area contributed by atoms with Gasteiger partial charge in [-0.2, -0.15) is 0 Å². The number of aromatic nitrogens is 4. The van der Waals surface area contributed by atoms with Crippen LogP contribution in [-0.2, 0) is 18.3 Å². The second-order valence-electron chi connectivity index (χ2n) is 7.26. The smallest absolute Gasteiger partial charge is 0.386 e. The molecule has 2 aromatic rings. The molecule has 13 nitrogen and oxygen atoms in total. The van der Waals surface area contributed by atoms with Gasteiger partial charge in [0.1, 0.15) is 24.6 Å². The number of nitrogens with one attached hydrogen (secondary N) is 1. The highest BCUT2D eigenvalue weighted by Crippen LogP contribution is 2.52. The predicted molar refractivity (Wildman–Crippen MR) is 106 cm³/mol. The van der Waals surface area contributed by atoms with Crippen LogP contribution in [0, 0.1) is 0 Å². The van der Waals surface area contributed by atoms with Gasteiger partial charge in [-0.05, 0) is 19.4 Å². The summed E-state index contributed by atoms with van der Waals surface area (Å²) in [5.41, 5.74) is 12.2. The van der Waals surface area contributed by atoms with E-state index in [1.165, 1.54) is 6.33 Å². The summed E-state index contributed by atoms with van der Waals surface area (Å²) in [5.74, 6) is 0.584. The number of aliphatic hydroxyl groups excluding tert-OH is 1. The quantitative estimate of drug-likeness (QED) is 0.273. The monoisotopic (exact) mass is 443 g/mol. The molecule has 2 fully saturated rings.